The van der Waals surface area contributed by atoms with E-state index in [1.54, 1.807) is 18.2 Å². The lowest BCUT2D eigenvalue weighted by molar-refractivity contribution is -0.192. The number of aromatic hydroxyl groups is 1. The quantitative estimate of drug-likeness (QED) is 0.399. The predicted molar refractivity (Wildman–Crippen MR) is 118 cm³/mol. The highest BCUT2D eigenvalue weighted by atomic mass is 19.4. The molecule has 1 saturated heterocycles. The molecule has 190 valence electrons. The van der Waals surface area contributed by atoms with Crippen LogP contribution < -0.4 is 15.8 Å². The zero-order chi connectivity index (χ0) is 26.3. The normalized spacial score (nSPS) is 15.3. The number of aliphatic carboxylic acids is 1. The first-order valence-electron chi connectivity index (χ1n) is 10.5. The van der Waals surface area contributed by atoms with Gasteiger partial charge in [0.2, 0.25) is 12.2 Å². The molecule has 1 unspecified atom stereocenters. The number of phenols is 1. The van der Waals surface area contributed by atoms with E-state index in [9.17, 15) is 23.5 Å². The number of hydrogen-bond donors (Lipinski definition) is 4. The monoisotopic (exact) mass is 506 g/mol. The van der Waals surface area contributed by atoms with Crippen LogP contribution in [0.3, 0.4) is 0 Å². The van der Waals surface area contributed by atoms with E-state index in [0.717, 1.165) is 31.5 Å². The number of nitrogens with zero attached hydrogens (tertiary/aromatic N) is 4. The van der Waals surface area contributed by atoms with Crippen molar-refractivity contribution in [3.63, 3.8) is 0 Å². The molecule has 0 saturated carbocycles. The van der Waals surface area contributed by atoms with Crippen LogP contribution in [-0.4, -0.2) is 50.6 Å². The number of hydrogen-bond acceptors (Lipinski definition) is 10. The number of piperidine rings is 1. The number of carboxylic acid groups (broad SMARTS) is 1. The number of nitrogen functional groups attached to an aromatic ring is 1. The van der Waals surface area contributed by atoms with Crippen molar-refractivity contribution in [3.8, 4) is 28.8 Å². The fourth-order valence-corrected chi connectivity index (χ4v) is 3.57. The maximum atomic E-state index is 10.6. The van der Waals surface area contributed by atoms with Crippen LogP contribution in [-0.2, 0) is 11.4 Å². The summed E-state index contributed by atoms with van der Waals surface area (Å²) in [5, 5.41) is 34.3. The fraction of sp³-hybridized carbons (Fsp3) is 0.318. The summed E-state index contributed by atoms with van der Waals surface area (Å²) in [4.78, 5) is 17.2. The van der Waals surface area contributed by atoms with Crippen LogP contribution in [0.4, 0.5) is 19.0 Å². The van der Waals surface area contributed by atoms with Gasteiger partial charge < -0.3 is 30.5 Å². The minimum Gasteiger partial charge on any atom is -0.507 e. The minimum absolute atomic E-state index is 0.0000567. The number of rotatable bonds is 5. The lowest BCUT2D eigenvalue weighted by Gasteiger charge is -2.25. The van der Waals surface area contributed by atoms with Gasteiger partial charge in [-0.25, -0.2) is 9.78 Å². The number of ether oxygens (including phenoxy) is 1. The fourth-order valence-electron chi connectivity index (χ4n) is 3.57. The molecule has 0 bridgehead atoms. The van der Waals surface area contributed by atoms with E-state index < -0.39 is 12.1 Å². The van der Waals surface area contributed by atoms with Gasteiger partial charge in [0.15, 0.2) is 6.61 Å². The van der Waals surface area contributed by atoms with Crippen LogP contribution >= 0.6 is 0 Å². The maximum Gasteiger partial charge on any atom is 0.490 e. The number of nitrogens with two attached hydrogens (primary N) is 1. The molecule has 1 aliphatic rings. The summed E-state index contributed by atoms with van der Waals surface area (Å²) >= 11 is 0. The lowest BCUT2D eigenvalue weighted by atomic mass is 9.88. The van der Waals surface area contributed by atoms with E-state index in [0.29, 0.717) is 28.4 Å². The van der Waals surface area contributed by atoms with Gasteiger partial charge in [-0.05, 0) is 49.1 Å². The summed E-state index contributed by atoms with van der Waals surface area (Å²) in [5.41, 5.74) is 8.18. The molecular formula is C22H21F3N6O5. The van der Waals surface area contributed by atoms with Gasteiger partial charge in [-0.1, -0.05) is 11.2 Å². The topological polar surface area (TPSA) is 180 Å². The summed E-state index contributed by atoms with van der Waals surface area (Å²) in [6.45, 7) is 1.79. The second kappa shape index (κ2) is 11.4. The molecule has 1 aromatic carbocycles. The van der Waals surface area contributed by atoms with E-state index in [1.807, 2.05) is 6.07 Å². The number of carboxylic acids is 1. The number of alkyl halides is 3. The van der Waals surface area contributed by atoms with Gasteiger partial charge in [-0.15, -0.1) is 0 Å². The standard InChI is InChI=1S/C20H20N6O3.C2HF3O2/c21-8-14-13(12-3-2-6-23-9-12)7-15(25-20(14)22)19-16(27)4-1-5-17(19)28-10-18-24-11-29-26-18;3-2(4,5)1(6)7/h1,4-5,7,11-12,23,27H,2-3,6,9-10H2,(H2,22,25);(H,6,7). The molecule has 1 aliphatic heterocycles. The number of phenolic OH excluding ortho intramolecular Hbond substituents is 1. The van der Waals surface area contributed by atoms with Crippen LogP contribution in [0, 0.1) is 11.3 Å². The number of carbonyl (C=O) groups is 1. The number of halogens is 3. The van der Waals surface area contributed by atoms with E-state index >= 15 is 0 Å². The van der Waals surface area contributed by atoms with Crippen molar-refractivity contribution in [1.82, 2.24) is 20.4 Å². The van der Waals surface area contributed by atoms with Gasteiger partial charge in [0.05, 0.1) is 16.8 Å². The molecule has 0 spiro atoms. The minimum atomic E-state index is -5.08. The molecule has 36 heavy (non-hydrogen) atoms. The van der Waals surface area contributed by atoms with Crippen LogP contribution in [0.25, 0.3) is 11.3 Å². The highest BCUT2D eigenvalue weighted by Crippen LogP contribution is 2.40. The molecule has 0 amide bonds. The molecule has 4 rings (SSSR count). The van der Waals surface area contributed by atoms with Gasteiger partial charge in [0, 0.05) is 6.54 Å². The Morgan fingerprint density at radius 3 is 2.72 bits per heavy atom. The first-order chi connectivity index (χ1) is 17.1. The second-order valence-corrected chi connectivity index (χ2v) is 7.60. The van der Waals surface area contributed by atoms with Crippen molar-refractivity contribution in [3.05, 3.63) is 47.6 Å². The van der Waals surface area contributed by atoms with Crippen molar-refractivity contribution < 1.29 is 37.4 Å². The molecule has 5 N–H and O–H groups in total. The average molecular weight is 506 g/mol. The van der Waals surface area contributed by atoms with Gasteiger partial charge in [0.1, 0.15) is 23.4 Å². The van der Waals surface area contributed by atoms with Gasteiger partial charge >= 0.3 is 12.1 Å². The van der Waals surface area contributed by atoms with E-state index in [1.165, 1.54) is 6.39 Å². The molecule has 0 aliphatic carbocycles. The number of pyridine rings is 1. The second-order valence-electron chi connectivity index (χ2n) is 7.60. The van der Waals surface area contributed by atoms with Gasteiger partial charge in [-0.3, -0.25) is 0 Å². The zero-order valence-electron chi connectivity index (χ0n) is 18.6. The van der Waals surface area contributed by atoms with Gasteiger partial charge in [0.25, 0.3) is 0 Å². The first kappa shape index (κ1) is 26.2. The maximum absolute atomic E-state index is 10.6. The Balaban J connectivity index is 0.000000454. The highest BCUT2D eigenvalue weighted by Gasteiger charge is 2.38. The van der Waals surface area contributed by atoms with Crippen molar-refractivity contribution in [2.75, 3.05) is 18.8 Å². The third-order valence-electron chi connectivity index (χ3n) is 5.19. The molecule has 3 heterocycles. The summed E-state index contributed by atoms with van der Waals surface area (Å²) < 4.78 is 42.2. The van der Waals surface area contributed by atoms with Crippen molar-refractivity contribution in [2.45, 2.75) is 31.5 Å². The van der Waals surface area contributed by atoms with Gasteiger partial charge in [-0.2, -0.15) is 23.4 Å². The highest BCUT2D eigenvalue weighted by molar-refractivity contribution is 5.76. The van der Waals surface area contributed by atoms with Crippen molar-refractivity contribution >= 4 is 11.8 Å². The zero-order valence-corrected chi connectivity index (χ0v) is 18.6. The Labute approximate surface area is 202 Å². The third-order valence-corrected chi connectivity index (χ3v) is 5.19. The smallest absolute Gasteiger partial charge is 0.490 e. The molecule has 0 radical (unpaired) electrons. The number of anilines is 1. The van der Waals surface area contributed by atoms with Crippen LogP contribution in [0.2, 0.25) is 0 Å². The SMILES string of the molecule is N#Cc1c(C2CCCNC2)cc(-c2c(O)cccc2OCc2ncon2)nc1N.O=C(O)C(F)(F)F. The number of nitriles is 1. The van der Waals surface area contributed by atoms with Crippen LogP contribution in [0.5, 0.6) is 11.5 Å². The Bertz CT molecular complexity index is 1240. The van der Waals surface area contributed by atoms with Crippen molar-refractivity contribution in [2.24, 2.45) is 0 Å². The molecule has 1 atom stereocenters. The van der Waals surface area contributed by atoms with E-state index in [-0.39, 0.29) is 24.1 Å². The van der Waals surface area contributed by atoms with Crippen LogP contribution in [0.15, 0.2) is 35.2 Å². The Hall–Kier alpha value is -4.38. The summed E-state index contributed by atoms with van der Waals surface area (Å²) in [7, 11) is 0. The predicted octanol–water partition coefficient (Wildman–Crippen LogP) is 2.97. The van der Waals surface area contributed by atoms with Crippen molar-refractivity contribution in [1.29, 1.82) is 5.26 Å². The third kappa shape index (κ3) is 6.39. The largest absolute Gasteiger partial charge is 0.507 e. The number of aromatic nitrogens is 3. The average Bonchev–Trinajstić information content (AvgIpc) is 3.36. The first-order valence-corrected chi connectivity index (χ1v) is 10.5. The van der Waals surface area contributed by atoms with E-state index in [4.69, 9.17) is 24.9 Å². The molecule has 14 heteroatoms. The molecular weight excluding hydrogens is 485 g/mol. The summed E-state index contributed by atoms with van der Waals surface area (Å²) in [6, 6.07) is 8.93. The Kier molecular flexibility index (Phi) is 8.28. The summed E-state index contributed by atoms with van der Waals surface area (Å²) in [5.74, 6) is -1.69. The molecule has 2 aromatic heterocycles. The van der Waals surface area contributed by atoms with E-state index in [2.05, 4.69) is 26.5 Å². The number of nitrogens with one attached hydrogen (secondary N) is 1. The molecule has 11 nitrogen and oxygen atoms in total. The molecule has 3 aromatic rings. The Morgan fingerprint density at radius 2 is 2.14 bits per heavy atom. The number of benzene rings is 1. The van der Waals surface area contributed by atoms with Crippen LogP contribution in [0.1, 0.15) is 35.7 Å². The summed E-state index contributed by atoms with van der Waals surface area (Å²) in [6.07, 6.45) is -1.90. The molecule has 1 fully saturated rings. The lowest BCUT2D eigenvalue weighted by Crippen LogP contribution is -2.29. The Morgan fingerprint density at radius 1 is 1.39 bits per heavy atom.